The number of para-hydroxylation sites is 2. The van der Waals surface area contributed by atoms with Gasteiger partial charge in [-0.15, -0.1) is 0 Å². The zero-order valence-corrected chi connectivity index (χ0v) is 37.6. The Bertz CT molecular complexity index is 4270. The summed E-state index contributed by atoms with van der Waals surface area (Å²) >= 11 is 0. The van der Waals surface area contributed by atoms with Crippen molar-refractivity contribution in [3.63, 3.8) is 0 Å². The summed E-state index contributed by atoms with van der Waals surface area (Å²) < 4.78 is 8.90. The molecule has 322 valence electrons. The number of benzene rings is 12. The Kier molecular flexibility index (Phi) is 8.90. The molecule has 0 radical (unpaired) electrons. The Balaban J connectivity index is 0.884. The Morgan fingerprint density at radius 2 is 0.768 bits per heavy atom. The highest BCUT2D eigenvalue weighted by Crippen LogP contribution is 2.42. The molecule has 3 heteroatoms. The largest absolute Gasteiger partial charge is 0.455 e. The predicted octanol–water partition coefficient (Wildman–Crippen LogP) is 18.6. The van der Waals surface area contributed by atoms with Gasteiger partial charge in [0.15, 0.2) is 0 Å². The predicted molar refractivity (Wildman–Crippen MR) is 292 cm³/mol. The number of rotatable bonds is 7. The fourth-order valence-electron chi connectivity index (χ4n) is 10.8. The molecule has 0 atom stereocenters. The van der Waals surface area contributed by atoms with E-state index < -0.39 is 0 Å². The lowest BCUT2D eigenvalue weighted by Crippen LogP contribution is -2.10. The second-order valence-corrected chi connectivity index (χ2v) is 18.1. The molecule has 69 heavy (non-hydrogen) atoms. The van der Waals surface area contributed by atoms with Gasteiger partial charge in [-0.05, 0) is 145 Å². The molecule has 0 saturated carbocycles. The van der Waals surface area contributed by atoms with Crippen LogP contribution in [0.1, 0.15) is 0 Å². The van der Waals surface area contributed by atoms with Crippen LogP contribution in [0.5, 0.6) is 0 Å². The molecule has 12 aromatic carbocycles. The molecule has 3 nitrogen and oxygen atoms in total. The van der Waals surface area contributed by atoms with Crippen molar-refractivity contribution in [3.8, 4) is 39.1 Å². The monoisotopic (exact) mass is 878 g/mol. The van der Waals surface area contributed by atoms with E-state index >= 15 is 0 Å². The van der Waals surface area contributed by atoms with Gasteiger partial charge in [0.2, 0.25) is 0 Å². The molecular weight excluding hydrogens is 837 g/mol. The van der Waals surface area contributed by atoms with Gasteiger partial charge in [0.25, 0.3) is 0 Å². The number of furan rings is 1. The first-order valence-corrected chi connectivity index (χ1v) is 23.6. The first-order chi connectivity index (χ1) is 34.2. The molecule has 0 N–H and O–H groups in total. The maximum absolute atomic E-state index is 6.52. The van der Waals surface area contributed by atoms with Crippen LogP contribution in [-0.2, 0) is 0 Å². The topological polar surface area (TPSA) is 21.3 Å². The molecule has 2 aromatic heterocycles. The van der Waals surface area contributed by atoms with Crippen molar-refractivity contribution in [2.24, 2.45) is 0 Å². The Morgan fingerprint density at radius 3 is 1.46 bits per heavy atom. The number of fused-ring (bicyclic) bond motifs is 11. The highest BCUT2D eigenvalue weighted by atomic mass is 16.3. The molecule has 0 spiro atoms. The minimum Gasteiger partial charge on any atom is -0.455 e. The van der Waals surface area contributed by atoms with Gasteiger partial charge in [-0.25, -0.2) is 0 Å². The number of nitrogens with zero attached hydrogens (tertiary/aromatic N) is 2. The summed E-state index contributed by atoms with van der Waals surface area (Å²) in [6.07, 6.45) is 0. The lowest BCUT2D eigenvalue weighted by molar-refractivity contribution is 0.672. The van der Waals surface area contributed by atoms with E-state index in [0.29, 0.717) is 0 Å². The van der Waals surface area contributed by atoms with Gasteiger partial charge >= 0.3 is 0 Å². The summed E-state index contributed by atoms with van der Waals surface area (Å²) in [5.41, 5.74) is 15.5. The highest BCUT2D eigenvalue weighted by Gasteiger charge is 2.18. The van der Waals surface area contributed by atoms with Crippen LogP contribution in [0, 0.1) is 0 Å². The fourth-order valence-corrected chi connectivity index (χ4v) is 10.8. The van der Waals surface area contributed by atoms with Gasteiger partial charge in [0.05, 0.1) is 11.0 Å². The van der Waals surface area contributed by atoms with E-state index in [4.69, 9.17) is 4.42 Å². The summed E-state index contributed by atoms with van der Waals surface area (Å²) in [6, 6.07) is 92.6. The van der Waals surface area contributed by atoms with E-state index in [9.17, 15) is 0 Å². The molecule has 0 aliphatic rings. The van der Waals surface area contributed by atoms with E-state index in [1.165, 1.54) is 54.3 Å². The van der Waals surface area contributed by atoms with Gasteiger partial charge in [-0.3, -0.25) is 0 Å². The average Bonchev–Trinajstić information content (AvgIpc) is 3.97. The van der Waals surface area contributed by atoms with Crippen LogP contribution in [0.2, 0.25) is 0 Å². The van der Waals surface area contributed by atoms with Crippen LogP contribution in [-0.4, -0.2) is 4.57 Å². The third-order valence-corrected chi connectivity index (χ3v) is 14.1. The van der Waals surface area contributed by atoms with Crippen molar-refractivity contribution >= 4 is 93.1 Å². The molecule has 14 rings (SSSR count). The zero-order chi connectivity index (χ0) is 45.4. The van der Waals surface area contributed by atoms with Crippen LogP contribution >= 0.6 is 0 Å². The highest BCUT2D eigenvalue weighted by molar-refractivity contribution is 6.16. The number of anilines is 3. The Hall–Kier alpha value is -9.18. The molecule has 0 fully saturated rings. The van der Waals surface area contributed by atoms with Gasteiger partial charge in [0.1, 0.15) is 11.2 Å². The zero-order valence-electron chi connectivity index (χ0n) is 37.6. The van der Waals surface area contributed by atoms with E-state index in [1.54, 1.807) is 0 Å². The third-order valence-electron chi connectivity index (χ3n) is 14.1. The molecule has 0 amide bonds. The van der Waals surface area contributed by atoms with E-state index in [1.807, 2.05) is 0 Å². The average molecular weight is 879 g/mol. The minimum atomic E-state index is 0.891. The van der Waals surface area contributed by atoms with E-state index in [-0.39, 0.29) is 0 Å². The molecule has 0 aliphatic heterocycles. The van der Waals surface area contributed by atoms with Crippen molar-refractivity contribution in [3.05, 3.63) is 255 Å². The van der Waals surface area contributed by atoms with Crippen molar-refractivity contribution < 1.29 is 4.42 Å². The fraction of sp³-hybridized carbons (Fsp3) is 0. The second-order valence-electron chi connectivity index (χ2n) is 18.1. The van der Waals surface area contributed by atoms with E-state index in [0.717, 1.165) is 77.9 Å². The minimum absolute atomic E-state index is 0.891. The van der Waals surface area contributed by atoms with Crippen molar-refractivity contribution in [2.45, 2.75) is 0 Å². The normalized spacial score (nSPS) is 11.8. The molecule has 0 unspecified atom stereocenters. The van der Waals surface area contributed by atoms with Gasteiger partial charge < -0.3 is 13.9 Å². The number of aromatic nitrogens is 1. The summed E-state index contributed by atoms with van der Waals surface area (Å²) in [5, 5.41) is 12.1. The molecule has 0 bridgehead atoms. The van der Waals surface area contributed by atoms with Crippen molar-refractivity contribution in [1.29, 1.82) is 0 Å². The lowest BCUT2D eigenvalue weighted by Gasteiger charge is -2.27. The smallest absolute Gasteiger partial charge is 0.143 e. The molecule has 0 saturated heterocycles. The van der Waals surface area contributed by atoms with Gasteiger partial charge in [0, 0.05) is 49.7 Å². The first kappa shape index (κ1) is 39.0. The number of hydrogen-bond acceptors (Lipinski definition) is 2. The summed E-state index contributed by atoms with van der Waals surface area (Å²) in [5.74, 6) is 0. The summed E-state index contributed by atoms with van der Waals surface area (Å²) in [6.45, 7) is 0. The van der Waals surface area contributed by atoms with E-state index in [2.05, 4.69) is 264 Å². The number of hydrogen-bond donors (Lipinski definition) is 0. The van der Waals surface area contributed by atoms with Gasteiger partial charge in [-0.2, -0.15) is 0 Å². The Morgan fingerprint density at radius 1 is 0.275 bits per heavy atom. The Labute approximate surface area is 399 Å². The van der Waals surface area contributed by atoms with Crippen LogP contribution < -0.4 is 4.90 Å². The summed E-state index contributed by atoms with van der Waals surface area (Å²) in [7, 11) is 0. The quantitative estimate of drug-likeness (QED) is 0.149. The lowest BCUT2D eigenvalue weighted by atomic mass is 9.96. The molecule has 14 aromatic rings. The van der Waals surface area contributed by atoms with Crippen molar-refractivity contribution in [1.82, 2.24) is 4.57 Å². The van der Waals surface area contributed by atoms with Gasteiger partial charge in [-0.1, -0.05) is 170 Å². The first-order valence-electron chi connectivity index (χ1n) is 23.6. The molecule has 0 aliphatic carbocycles. The maximum Gasteiger partial charge on any atom is 0.143 e. The third kappa shape index (κ3) is 6.51. The standard InChI is InChI=1S/C66H42N2O/c1-3-20-56-44(12-1)26-27-46-28-29-50(41-61(46)56)48-15-10-17-53(39-48)67(54-18-11-16-49(40-54)51-33-37-65-62(42-51)60-36-32-45-13-2-4-21-57(45)66(60)69-65)52-34-30-43(31-35-52)47-14-9-19-55(38-47)68-63-24-7-5-22-58(63)59-23-6-8-25-64(59)68/h1-42H. The SMILES string of the molecule is c1cc(-c2ccc3ccc4ccccc4c3c2)cc(N(c2ccc(-c3cccc(-n4c5ccccc5c5ccccc54)c3)cc2)c2cccc(-c3ccc4oc5c6ccccc6ccc5c4c3)c2)c1. The van der Waals surface area contributed by atoms with Crippen LogP contribution in [0.3, 0.4) is 0 Å². The van der Waals surface area contributed by atoms with Crippen LogP contribution in [0.25, 0.3) is 115 Å². The van der Waals surface area contributed by atoms with Crippen LogP contribution in [0.15, 0.2) is 259 Å². The second kappa shape index (κ2) is 15.7. The van der Waals surface area contributed by atoms with Crippen molar-refractivity contribution in [2.75, 3.05) is 4.90 Å². The maximum atomic E-state index is 6.52. The molecule has 2 heterocycles. The molecular formula is C66H42N2O. The summed E-state index contributed by atoms with van der Waals surface area (Å²) in [4.78, 5) is 2.39. The van der Waals surface area contributed by atoms with Crippen LogP contribution in [0.4, 0.5) is 17.1 Å².